The van der Waals surface area contributed by atoms with Gasteiger partial charge in [-0.1, -0.05) is 68.4 Å². The molecule has 0 amide bonds. The highest BCUT2D eigenvalue weighted by molar-refractivity contribution is 5.50. The van der Waals surface area contributed by atoms with E-state index in [0.717, 1.165) is 32.1 Å². The van der Waals surface area contributed by atoms with Crippen LogP contribution >= 0.6 is 0 Å². The fourth-order valence-corrected chi connectivity index (χ4v) is 1.85. The van der Waals surface area contributed by atoms with E-state index in [1.54, 1.807) is 0 Å². The van der Waals surface area contributed by atoms with Crippen LogP contribution in [0.4, 0.5) is 0 Å². The Bertz CT molecular complexity index is 321. The fourth-order valence-electron chi connectivity index (χ4n) is 1.85. The zero-order chi connectivity index (χ0) is 15.4. The van der Waals surface area contributed by atoms with Gasteiger partial charge in [-0.25, -0.2) is 0 Å². The smallest absolute Gasteiger partial charge is 0.198 e. The van der Waals surface area contributed by atoms with Gasteiger partial charge in [0.05, 0.1) is 0 Å². The first-order valence-electron chi connectivity index (χ1n) is 8.36. The minimum Gasteiger partial charge on any atom is -0.291 e. The van der Waals surface area contributed by atoms with E-state index in [4.69, 9.17) is 0 Å². The van der Waals surface area contributed by atoms with Gasteiger partial charge in [0.15, 0.2) is 6.29 Å². The maximum Gasteiger partial charge on any atom is 0.198 e. The van der Waals surface area contributed by atoms with Gasteiger partial charge in [-0.15, -0.1) is 0 Å². The lowest BCUT2D eigenvalue weighted by molar-refractivity contribution is 0.549. The molecule has 0 unspecified atom stereocenters. The lowest BCUT2D eigenvalue weighted by atomic mass is 10.2. The number of carbonyl (C=O) groups excluding carboxylic acids is 1. The van der Waals surface area contributed by atoms with Gasteiger partial charge in [-0.2, -0.15) is 0 Å². The molecule has 1 nitrogen and oxygen atoms in total. The van der Waals surface area contributed by atoms with E-state index in [1.165, 1.54) is 25.7 Å². The van der Waals surface area contributed by atoms with Crippen molar-refractivity contribution in [2.75, 3.05) is 0 Å². The highest BCUT2D eigenvalue weighted by Crippen LogP contribution is 2.01. The molecule has 0 atom stereocenters. The molecular formula is C20H31O. The molecule has 0 aliphatic carbocycles. The van der Waals surface area contributed by atoms with Gasteiger partial charge in [-0.3, -0.25) is 4.79 Å². The topological polar surface area (TPSA) is 17.1 Å². The largest absolute Gasteiger partial charge is 0.291 e. The quantitative estimate of drug-likeness (QED) is 0.273. The van der Waals surface area contributed by atoms with Gasteiger partial charge < -0.3 is 0 Å². The second kappa shape index (κ2) is 18.6. The Labute approximate surface area is 131 Å². The summed E-state index contributed by atoms with van der Waals surface area (Å²) in [5.74, 6) is 0. The summed E-state index contributed by atoms with van der Waals surface area (Å²) in [4.78, 5) is 9.99. The minimum atomic E-state index is 0.554. The Morgan fingerprint density at radius 3 is 1.62 bits per heavy atom. The number of unbranched alkanes of at least 4 members (excludes halogenated alkanes) is 5. The highest BCUT2D eigenvalue weighted by Gasteiger charge is 1.82. The average molecular weight is 287 g/mol. The normalized spacial score (nSPS) is 12.4. The number of allylic oxidation sites excluding steroid dienone is 8. The molecule has 1 radical (unpaired) electrons. The first-order chi connectivity index (χ1) is 10.4. The van der Waals surface area contributed by atoms with Crippen LogP contribution < -0.4 is 0 Å². The van der Waals surface area contributed by atoms with Crippen LogP contribution in [0, 0.1) is 0 Å². The van der Waals surface area contributed by atoms with E-state index in [9.17, 15) is 4.79 Å². The number of rotatable bonds is 14. The van der Waals surface area contributed by atoms with E-state index in [0.29, 0.717) is 6.42 Å². The van der Waals surface area contributed by atoms with Crippen LogP contribution in [0.5, 0.6) is 0 Å². The van der Waals surface area contributed by atoms with Crippen molar-refractivity contribution in [3.8, 4) is 0 Å². The summed E-state index contributed by atoms with van der Waals surface area (Å²) in [6.07, 6.45) is 30.3. The molecule has 0 saturated heterocycles. The van der Waals surface area contributed by atoms with Gasteiger partial charge in [0.25, 0.3) is 0 Å². The second-order valence-corrected chi connectivity index (χ2v) is 5.13. The fraction of sp³-hybridized carbons (Fsp3) is 0.550. The molecular weight excluding hydrogens is 256 g/mol. The van der Waals surface area contributed by atoms with Crippen LogP contribution in [0.3, 0.4) is 0 Å². The summed E-state index contributed by atoms with van der Waals surface area (Å²) in [7, 11) is 0. The SMILES string of the molecule is CCCCCC=CCC=CCC=CCC=CCCC[C]=O. The summed E-state index contributed by atoms with van der Waals surface area (Å²) >= 11 is 0. The third-order valence-corrected chi connectivity index (χ3v) is 3.11. The van der Waals surface area contributed by atoms with E-state index in [2.05, 4.69) is 55.5 Å². The Morgan fingerprint density at radius 2 is 1.14 bits per heavy atom. The van der Waals surface area contributed by atoms with Crippen molar-refractivity contribution in [3.63, 3.8) is 0 Å². The molecule has 0 aliphatic rings. The van der Waals surface area contributed by atoms with Crippen LogP contribution in [0.1, 0.15) is 71.1 Å². The Kier molecular flexibility index (Phi) is 17.4. The molecule has 0 aromatic rings. The Balaban J connectivity index is 3.37. The van der Waals surface area contributed by atoms with Crippen molar-refractivity contribution in [1.29, 1.82) is 0 Å². The summed E-state index contributed by atoms with van der Waals surface area (Å²) < 4.78 is 0. The van der Waals surface area contributed by atoms with Crippen LogP contribution in [0.2, 0.25) is 0 Å². The number of hydrogen-bond donors (Lipinski definition) is 0. The predicted molar refractivity (Wildman–Crippen MR) is 94.1 cm³/mol. The van der Waals surface area contributed by atoms with Gasteiger partial charge >= 0.3 is 0 Å². The van der Waals surface area contributed by atoms with Crippen LogP contribution in [0.25, 0.3) is 0 Å². The Hall–Kier alpha value is -1.37. The minimum absolute atomic E-state index is 0.554. The van der Waals surface area contributed by atoms with E-state index in [1.807, 2.05) is 6.29 Å². The maximum atomic E-state index is 9.99. The second-order valence-electron chi connectivity index (χ2n) is 5.13. The van der Waals surface area contributed by atoms with Crippen molar-refractivity contribution in [3.05, 3.63) is 48.6 Å². The van der Waals surface area contributed by atoms with E-state index in [-0.39, 0.29) is 0 Å². The molecule has 21 heavy (non-hydrogen) atoms. The van der Waals surface area contributed by atoms with Crippen molar-refractivity contribution in [2.45, 2.75) is 71.1 Å². The van der Waals surface area contributed by atoms with Crippen LogP contribution in [-0.4, -0.2) is 6.29 Å². The maximum absolute atomic E-state index is 9.99. The van der Waals surface area contributed by atoms with Gasteiger partial charge in [-0.05, 0) is 44.9 Å². The summed E-state index contributed by atoms with van der Waals surface area (Å²) in [5, 5.41) is 0. The molecule has 117 valence electrons. The summed E-state index contributed by atoms with van der Waals surface area (Å²) in [5.41, 5.74) is 0. The third kappa shape index (κ3) is 18.6. The molecule has 0 aliphatic heterocycles. The predicted octanol–water partition coefficient (Wildman–Crippen LogP) is 6.24. The molecule has 0 spiro atoms. The Morgan fingerprint density at radius 1 is 0.667 bits per heavy atom. The van der Waals surface area contributed by atoms with E-state index >= 15 is 0 Å². The monoisotopic (exact) mass is 287 g/mol. The van der Waals surface area contributed by atoms with Gasteiger partial charge in [0.2, 0.25) is 0 Å². The summed E-state index contributed by atoms with van der Waals surface area (Å²) in [6.45, 7) is 2.24. The molecule has 0 N–H and O–H groups in total. The zero-order valence-electron chi connectivity index (χ0n) is 13.6. The van der Waals surface area contributed by atoms with E-state index < -0.39 is 0 Å². The molecule has 0 aromatic heterocycles. The van der Waals surface area contributed by atoms with Crippen molar-refractivity contribution < 1.29 is 4.79 Å². The molecule has 0 aromatic carbocycles. The van der Waals surface area contributed by atoms with Crippen molar-refractivity contribution in [1.82, 2.24) is 0 Å². The molecule has 0 heterocycles. The average Bonchev–Trinajstić information content (AvgIpc) is 2.50. The molecule has 0 bridgehead atoms. The lowest BCUT2D eigenvalue weighted by Gasteiger charge is -1.90. The molecule has 1 heteroatoms. The highest BCUT2D eigenvalue weighted by atomic mass is 16.1. The third-order valence-electron chi connectivity index (χ3n) is 3.11. The van der Waals surface area contributed by atoms with Gasteiger partial charge in [0.1, 0.15) is 0 Å². The zero-order valence-corrected chi connectivity index (χ0v) is 13.6. The molecule has 0 fully saturated rings. The lowest BCUT2D eigenvalue weighted by Crippen LogP contribution is -1.73. The molecule has 0 rings (SSSR count). The standard InChI is InChI=1S/C20H31O/c1-2-3-4-5-6-7-8-9-10-11-12-13-14-15-16-17-18-19-20-21/h6-7,9-10,12-13,15-16H,2-5,8,11,14,17-19H2,1H3. The van der Waals surface area contributed by atoms with Crippen molar-refractivity contribution >= 4 is 6.29 Å². The van der Waals surface area contributed by atoms with Crippen LogP contribution in [0.15, 0.2) is 48.6 Å². The summed E-state index contributed by atoms with van der Waals surface area (Å²) in [6, 6.07) is 0. The van der Waals surface area contributed by atoms with Gasteiger partial charge in [0, 0.05) is 6.42 Å². The first kappa shape index (κ1) is 19.6. The van der Waals surface area contributed by atoms with Crippen LogP contribution in [-0.2, 0) is 4.79 Å². The van der Waals surface area contributed by atoms with Crippen molar-refractivity contribution in [2.24, 2.45) is 0 Å². The first-order valence-corrected chi connectivity index (χ1v) is 8.36. The molecule has 0 saturated carbocycles. The number of hydrogen-bond acceptors (Lipinski definition) is 1.